The number of methoxy groups -OCH3 is 2. The van der Waals surface area contributed by atoms with Gasteiger partial charge in [0.1, 0.15) is 11.3 Å². The molecule has 0 saturated carbocycles. The number of carbonyl (C=O) groups excluding carboxylic acids is 1. The average Bonchev–Trinajstić information content (AvgIpc) is 3.00. The second kappa shape index (κ2) is 7.15. The second-order valence-electron chi connectivity index (χ2n) is 5.21. The van der Waals surface area contributed by atoms with E-state index in [1.165, 1.54) is 7.11 Å². The van der Waals surface area contributed by atoms with Crippen LogP contribution in [-0.2, 0) is 9.53 Å². The SMILES string of the molecule is C=C[C@H](c1cc(OC)c(Br)cc1Br)[C@@]1(C(=O)OC)CCCN1. The molecule has 1 heterocycles. The molecule has 0 aliphatic carbocycles. The first-order valence-corrected chi connectivity index (χ1v) is 8.57. The molecule has 0 amide bonds. The summed E-state index contributed by atoms with van der Waals surface area (Å²) in [5.41, 5.74) is 0.160. The van der Waals surface area contributed by atoms with Gasteiger partial charge in [0.15, 0.2) is 0 Å². The van der Waals surface area contributed by atoms with Gasteiger partial charge in [-0.1, -0.05) is 22.0 Å². The lowest BCUT2D eigenvalue weighted by Crippen LogP contribution is -2.52. The van der Waals surface area contributed by atoms with Gasteiger partial charge in [0, 0.05) is 10.4 Å². The van der Waals surface area contributed by atoms with E-state index >= 15 is 0 Å². The molecule has 4 nitrogen and oxygen atoms in total. The molecule has 0 bridgehead atoms. The molecule has 1 N–H and O–H groups in total. The summed E-state index contributed by atoms with van der Waals surface area (Å²) in [7, 11) is 3.03. The Morgan fingerprint density at radius 3 is 2.64 bits per heavy atom. The predicted octanol–water partition coefficient (Wildman–Crippen LogP) is 3.79. The summed E-state index contributed by atoms with van der Waals surface area (Å²) in [6.07, 6.45) is 3.43. The van der Waals surface area contributed by atoms with Gasteiger partial charge in [0.25, 0.3) is 0 Å². The fraction of sp³-hybridized carbons (Fsp3) is 0.438. The van der Waals surface area contributed by atoms with E-state index in [0.717, 1.165) is 27.5 Å². The van der Waals surface area contributed by atoms with E-state index < -0.39 is 5.54 Å². The molecule has 6 heteroatoms. The number of nitrogens with one attached hydrogen (secondary N) is 1. The Morgan fingerprint density at radius 2 is 2.14 bits per heavy atom. The summed E-state index contributed by atoms with van der Waals surface area (Å²) in [5.74, 6) is 0.227. The maximum atomic E-state index is 12.5. The minimum Gasteiger partial charge on any atom is -0.496 e. The third-order valence-corrected chi connectivity index (χ3v) is 5.42. The third kappa shape index (κ3) is 2.96. The Kier molecular flexibility index (Phi) is 5.69. The van der Waals surface area contributed by atoms with E-state index in [4.69, 9.17) is 9.47 Å². The largest absolute Gasteiger partial charge is 0.496 e. The number of hydrogen-bond donors (Lipinski definition) is 1. The highest BCUT2D eigenvalue weighted by atomic mass is 79.9. The molecule has 1 aromatic carbocycles. The fourth-order valence-electron chi connectivity index (χ4n) is 3.05. The Balaban J connectivity index is 2.56. The normalized spacial score (nSPS) is 22.2. The molecule has 0 aromatic heterocycles. The van der Waals surface area contributed by atoms with Gasteiger partial charge in [-0.25, -0.2) is 0 Å². The molecule has 0 radical (unpaired) electrons. The smallest absolute Gasteiger partial charge is 0.327 e. The lowest BCUT2D eigenvalue weighted by molar-refractivity contribution is -0.148. The number of carbonyl (C=O) groups is 1. The van der Waals surface area contributed by atoms with Crippen molar-refractivity contribution in [1.82, 2.24) is 5.32 Å². The highest BCUT2D eigenvalue weighted by Crippen LogP contribution is 2.43. The predicted molar refractivity (Wildman–Crippen MR) is 93.3 cm³/mol. The summed E-state index contributed by atoms with van der Waals surface area (Å²) >= 11 is 7.04. The van der Waals surface area contributed by atoms with Gasteiger partial charge in [-0.3, -0.25) is 4.79 Å². The summed E-state index contributed by atoms with van der Waals surface area (Å²) in [4.78, 5) is 12.5. The highest BCUT2D eigenvalue weighted by molar-refractivity contribution is 9.11. The van der Waals surface area contributed by atoms with Crippen LogP contribution >= 0.6 is 31.9 Å². The van der Waals surface area contributed by atoms with Crippen molar-refractivity contribution in [1.29, 1.82) is 0 Å². The average molecular weight is 433 g/mol. The second-order valence-corrected chi connectivity index (χ2v) is 6.92. The Bertz CT molecular complexity index is 583. The molecule has 1 aliphatic rings. The van der Waals surface area contributed by atoms with Gasteiger partial charge in [-0.05, 0) is 53.0 Å². The third-order valence-electron chi connectivity index (χ3n) is 4.11. The lowest BCUT2D eigenvalue weighted by Gasteiger charge is -2.34. The number of halogens is 2. The molecule has 0 unspecified atom stereocenters. The van der Waals surface area contributed by atoms with E-state index in [9.17, 15) is 4.79 Å². The maximum Gasteiger partial charge on any atom is 0.327 e. The van der Waals surface area contributed by atoms with Crippen LogP contribution in [0.1, 0.15) is 24.3 Å². The lowest BCUT2D eigenvalue weighted by atomic mass is 9.78. The minimum atomic E-state index is -0.780. The van der Waals surface area contributed by atoms with Crippen molar-refractivity contribution < 1.29 is 14.3 Å². The van der Waals surface area contributed by atoms with Crippen LogP contribution in [0.5, 0.6) is 5.75 Å². The summed E-state index contributed by atoms with van der Waals surface area (Å²) in [6.45, 7) is 4.72. The fourth-order valence-corrected chi connectivity index (χ4v) is 4.45. The first-order chi connectivity index (χ1) is 10.5. The molecule has 2 atom stereocenters. The zero-order valence-corrected chi connectivity index (χ0v) is 15.8. The standard InChI is InChI=1S/C16H19Br2NO3/c1-4-11(16(15(20)22-3)6-5-7-19-16)10-8-14(21-2)13(18)9-12(10)17/h4,8-9,11,19H,1,5-7H2,2-3H3/t11-,16-/m1/s1. The molecule has 2 rings (SSSR count). The van der Waals surface area contributed by atoms with Crippen molar-refractivity contribution in [2.24, 2.45) is 0 Å². The van der Waals surface area contributed by atoms with Crippen molar-refractivity contribution in [3.63, 3.8) is 0 Å². The number of ether oxygens (including phenoxy) is 2. The van der Waals surface area contributed by atoms with Crippen molar-refractivity contribution in [2.75, 3.05) is 20.8 Å². The van der Waals surface area contributed by atoms with Gasteiger partial charge in [-0.15, -0.1) is 6.58 Å². The first-order valence-electron chi connectivity index (χ1n) is 6.99. The van der Waals surface area contributed by atoms with Crippen molar-refractivity contribution in [2.45, 2.75) is 24.3 Å². The molecule has 0 spiro atoms. The van der Waals surface area contributed by atoms with Crippen molar-refractivity contribution >= 4 is 37.8 Å². The van der Waals surface area contributed by atoms with Crippen LogP contribution in [0.25, 0.3) is 0 Å². The van der Waals surface area contributed by atoms with Crippen LogP contribution in [-0.4, -0.2) is 32.3 Å². The Morgan fingerprint density at radius 1 is 1.41 bits per heavy atom. The number of esters is 1. The topological polar surface area (TPSA) is 47.6 Å². The summed E-state index contributed by atoms with van der Waals surface area (Å²) in [5, 5.41) is 3.33. The van der Waals surface area contributed by atoms with Crippen LogP contribution < -0.4 is 10.1 Å². The zero-order chi connectivity index (χ0) is 16.3. The number of hydrogen-bond acceptors (Lipinski definition) is 4. The van der Waals surface area contributed by atoms with Gasteiger partial charge >= 0.3 is 5.97 Å². The zero-order valence-electron chi connectivity index (χ0n) is 12.6. The molecular formula is C16H19Br2NO3. The minimum absolute atomic E-state index is 0.223. The van der Waals surface area contributed by atoms with Crippen molar-refractivity contribution in [3.8, 4) is 5.75 Å². The quantitative estimate of drug-likeness (QED) is 0.568. The summed E-state index contributed by atoms with van der Waals surface area (Å²) in [6, 6.07) is 3.84. The van der Waals surface area contributed by atoms with Crippen LogP contribution in [0.2, 0.25) is 0 Å². The Hall–Kier alpha value is -0.850. The number of benzene rings is 1. The van der Waals surface area contributed by atoms with E-state index in [0.29, 0.717) is 12.2 Å². The first kappa shape index (κ1) is 17.5. The van der Waals surface area contributed by atoms with Gasteiger partial charge in [-0.2, -0.15) is 0 Å². The monoisotopic (exact) mass is 431 g/mol. The van der Waals surface area contributed by atoms with E-state index in [2.05, 4.69) is 43.8 Å². The van der Waals surface area contributed by atoms with Crippen LogP contribution in [0.15, 0.2) is 33.7 Å². The molecule has 22 heavy (non-hydrogen) atoms. The molecule has 1 aliphatic heterocycles. The van der Waals surface area contributed by atoms with Gasteiger partial charge in [0.05, 0.1) is 18.7 Å². The van der Waals surface area contributed by atoms with Crippen LogP contribution in [0.4, 0.5) is 0 Å². The molecule has 1 aromatic rings. The van der Waals surface area contributed by atoms with Gasteiger partial charge in [0.2, 0.25) is 0 Å². The van der Waals surface area contributed by atoms with E-state index in [1.807, 2.05) is 12.1 Å². The summed E-state index contributed by atoms with van der Waals surface area (Å²) < 4.78 is 12.2. The molecule has 1 fully saturated rings. The molecule has 1 saturated heterocycles. The van der Waals surface area contributed by atoms with Crippen molar-refractivity contribution in [3.05, 3.63) is 39.3 Å². The number of rotatable bonds is 5. The molecular weight excluding hydrogens is 414 g/mol. The Labute approximate surface area is 147 Å². The highest BCUT2D eigenvalue weighted by Gasteiger charge is 2.48. The van der Waals surface area contributed by atoms with Crippen LogP contribution in [0.3, 0.4) is 0 Å². The van der Waals surface area contributed by atoms with E-state index in [-0.39, 0.29) is 11.9 Å². The maximum absolute atomic E-state index is 12.5. The van der Waals surface area contributed by atoms with Gasteiger partial charge < -0.3 is 14.8 Å². The van der Waals surface area contributed by atoms with Crippen LogP contribution in [0, 0.1) is 0 Å². The van der Waals surface area contributed by atoms with E-state index in [1.54, 1.807) is 13.2 Å². The molecule has 120 valence electrons.